The van der Waals surface area contributed by atoms with Gasteiger partial charge in [0.1, 0.15) is 5.75 Å². The van der Waals surface area contributed by atoms with E-state index in [9.17, 15) is 0 Å². The van der Waals surface area contributed by atoms with Crippen LogP contribution in [-0.2, 0) is 6.54 Å². The van der Waals surface area contributed by atoms with E-state index in [-0.39, 0.29) is 5.11 Å². The lowest BCUT2D eigenvalue weighted by molar-refractivity contribution is 0.409. The summed E-state index contributed by atoms with van der Waals surface area (Å²) >= 11 is 10.7. The molecule has 0 saturated heterocycles. The summed E-state index contributed by atoms with van der Waals surface area (Å²) in [6, 6.07) is 5.45. The van der Waals surface area contributed by atoms with Crippen molar-refractivity contribution in [2.24, 2.45) is 5.73 Å². The third-order valence-electron chi connectivity index (χ3n) is 1.74. The van der Waals surface area contributed by atoms with Crippen molar-refractivity contribution in [2.75, 3.05) is 7.11 Å². The zero-order valence-electron chi connectivity index (χ0n) is 7.71. The van der Waals surface area contributed by atoms with Gasteiger partial charge in [0.25, 0.3) is 0 Å². The van der Waals surface area contributed by atoms with E-state index in [1.807, 2.05) is 12.1 Å². The molecular weight excluding hydrogens is 220 g/mol. The van der Waals surface area contributed by atoms with Gasteiger partial charge in [0.2, 0.25) is 0 Å². The quantitative estimate of drug-likeness (QED) is 0.776. The van der Waals surface area contributed by atoms with Crippen molar-refractivity contribution in [1.29, 1.82) is 0 Å². The summed E-state index contributed by atoms with van der Waals surface area (Å²) in [6.07, 6.45) is 0. The number of nitrogens with one attached hydrogen (secondary N) is 1. The maximum atomic E-state index is 5.99. The van der Waals surface area contributed by atoms with Gasteiger partial charge in [0.05, 0.1) is 7.11 Å². The minimum atomic E-state index is 0.243. The normalized spacial score (nSPS) is 9.57. The second-order valence-electron chi connectivity index (χ2n) is 2.64. The summed E-state index contributed by atoms with van der Waals surface area (Å²) in [6.45, 7) is 0.470. The molecule has 14 heavy (non-hydrogen) atoms. The molecule has 0 fully saturated rings. The van der Waals surface area contributed by atoms with Crippen molar-refractivity contribution in [3.05, 3.63) is 28.8 Å². The van der Waals surface area contributed by atoms with Gasteiger partial charge in [-0.1, -0.05) is 17.7 Å². The summed E-state index contributed by atoms with van der Waals surface area (Å²) in [4.78, 5) is 0. The molecule has 1 rings (SSSR count). The number of benzene rings is 1. The molecule has 0 aromatic heterocycles. The van der Waals surface area contributed by atoms with Crippen LogP contribution in [0, 0.1) is 0 Å². The van der Waals surface area contributed by atoms with Crippen LogP contribution in [0.5, 0.6) is 5.75 Å². The second kappa shape index (κ2) is 5.02. The van der Waals surface area contributed by atoms with Crippen LogP contribution in [0.1, 0.15) is 5.56 Å². The van der Waals surface area contributed by atoms with E-state index in [1.165, 1.54) is 0 Å². The Morgan fingerprint density at radius 3 is 2.93 bits per heavy atom. The molecule has 3 nitrogen and oxygen atoms in total. The van der Waals surface area contributed by atoms with Gasteiger partial charge in [-0.3, -0.25) is 0 Å². The topological polar surface area (TPSA) is 47.3 Å². The number of hydrogen-bond donors (Lipinski definition) is 2. The van der Waals surface area contributed by atoms with Gasteiger partial charge < -0.3 is 15.8 Å². The maximum absolute atomic E-state index is 5.99. The first kappa shape index (κ1) is 11.1. The van der Waals surface area contributed by atoms with E-state index >= 15 is 0 Å². The number of hydrogen-bond acceptors (Lipinski definition) is 2. The molecule has 1 aromatic carbocycles. The third kappa shape index (κ3) is 2.75. The molecule has 5 heteroatoms. The van der Waals surface area contributed by atoms with Gasteiger partial charge in [0.15, 0.2) is 5.11 Å². The highest BCUT2D eigenvalue weighted by Gasteiger charge is 2.06. The number of rotatable bonds is 3. The third-order valence-corrected chi connectivity index (χ3v) is 2.23. The molecule has 0 bridgehead atoms. The first-order chi connectivity index (χ1) is 6.65. The Labute approximate surface area is 93.2 Å². The summed E-state index contributed by atoms with van der Waals surface area (Å²) in [5.74, 6) is 0.723. The van der Waals surface area contributed by atoms with Gasteiger partial charge in [0, 0.05) is 17.1 Å². The average Bonchev–Trinajstić information content (AvgIpc) is 2.15. The van der Waals surface area contributed by atoms with Gasteiger partial charge in [-0.25, -0.2) is 0 Å². The molecule has 0 radical (unpaired) electrons. The predicted molar refractivity (Wildman–Crippen MR) is 61.6 cm³/mol. The molecule has 0 spiro atoms. The Bertz CT molecular complexity index is 344. The van der Waals surface area contributed by atoms with Crippen molar-refractivity contribution < 1.29 is 4.74 Å². The average molecular weight is 231 g/mol. The van der Waals surface area contributed by atoms with Gasteiger partial charge in [-0.05, 0) is 24.4 Å². The molecule has 1 aromatic rings. The number of ether oxygens (including phenoxy) is 1. The van der Waals surface area contributed by atoms with E-state index in [0.717, 1.165) is 11.3 Å². The number of halogens is 1. The molecule has 0 heterocycles. The standard InChI is InChI=1S/C9H11ClN2OS/c1-13-8-4-2-3-7(10)6(8)5-12-9(11)14/h2-4H,5H2,1H3,(H3,11,12,14). The molecule has 0 saturated carbocycles. The summed E-state index contributed by atoms with van der Waals surface area (Å²) in [5, 5.41) is 3.70. The Balaban J connectivity index is 2.87. The second-order valence-corrected chi connectivity index (χ2v) is 3.49. The van der Waals surface area contributed by atoms with Crippen molar-refractivity contribution in [1.82, 2.24) is 5.32 Å². The fourth-order valence-corrected chi connectivity index (χ4v) is 1.38. The Morgan fingerprint density at radius 1 is 1.64 bits per heavy atom. The smallest absolute Gasteiger partial charge is 0.163 e. The van der Waals surface area contributed by atoms with Crippen LogP contribution in [0.4, 0.5) is 0 Å². The molecule has 3 N–H and O–H groups in total. The van der Waals surface area contributed by atoms with Crippen LogP contribution in [0.15, 0.2) is 18.2 Å². The minimum absolute atomic E-state index is 0.243. The van der Waals surface area contributed by atoms with Gasteiger partial charge in [-0.2, -0.15) is 0 Å². The van der Waals surface area contributed by atoms with E-state index < -0.39 is 0 Å². The Kier molecular flexibility index (Phi) is 3.98. The highest BCUT2D eigenvalue weighted by Crippen LogP contribution is 2.25. The zero-order chi connectivity index (χ0) is 10.6. The number of methoxy groups -OCH3 is 1. The van der Waals surface area contributed by atoms with Crippen LogP contribution in [0.2, 0.25) is 5.02 Å². The number of nitrogens with two attached hydrogens (primary N) is 1. The molecule has 0 unspecified atom stereocenters. The first-order valence-electron chi connectivity index (χ1n) is 4.00. The van der Waals surface area contributed by atoms with Crippen LogP contribution < -0.4 is 15.8 Å². The van der Waals surface area contributed by atoms with Crippen molar-refractivity contribution in [3.8, 4) is 5.75 Å². The molecule has 76 valence electrons. The van der Waals surface area contributed by atoms with Crippen molar-refractivity contribution in [3.63, 3.8) is 0 Å². The lowest BCUT2D eigenvalue weighted by atomic mass is 10.2. The van der Waals surface area contributed by atoms with Crippen molar-refractivity contribution >= 4 is 28.9 Å². The van der Waals surface area contributed by atoms with E-state index in [0.29, 0.717) is 11.6 Å². The molecule has 0 amide bonds. The first-order valence-corrected chi connectivity index (χ1v) is 4.78. The molecular formula is C9H11ClN2OS. The fraction of sp³-hybridized carbons (Fsp3) is 0.222. The fourth-order valence-electron chi connectivity index (χ4n) is 1.08. The highest BCUT2D eigenvalue weighted by molar-refractivity contribution is 7.80. The molecule has 0 aliphatic rings. The Morgan fingerprint density at radius 2 is 2.36 bits per heavy atom. The number of thiocarbonyl (C=S) groups is 1. The van der Waals surface area contributed by atoms with Gasteiger partial charge >= 0.3 is 0 Å². The lowest BCUT2D eigenvalue weighted by Gasteiger charge is -2.10. The predicted octanol–water partition coefficient (Wildman–Crippen LogP) is 1.68. The van der Waals surface area contributed by atoms with Crippen molar-refractivity contribution in [2.45, 2.75) is 6.54 Å². The maximum Gasteiger partial charge on any atom is 0.163 e. The van der Waals surface area contributed by atoms with E-state index in [2.05, 4.69) is 5.32 Å². The monoisotopic (exact) mass is 230 g/mol. The van der Waals surface area contributed by atoms with Crippen LogP contribution in [-0.4, -0.2) is 12.2 Å². The summed E-state index contributed by atoms with van der Waals surface area (Å²) < 4.78 is 5.15. The molecule has 0 atom stereocenters. The lowest BCUT2D eigenvalue weighted by Crippen LogP contribution is -2.28. The molecule has 0 aliphatic heterocycles. The largest absolute Gasteiger partial charge is 0.496 e. The van der Waals surface area contributed by atoms with Gasteiger partial charge in [-0.15, -0.1) is 0 Å². The van der Waals surface area contributed by atoms with Crippen LogP contribution >= 0.6 is 23.8 Å². The van der Waals surface area contributed by atoms with E-state index in [1.54, 1.807) is 13.2 Å². The molecule has 0 aliphatic carbocycles. The minimum Gasteiger partial charge on any atom is -0.496 e. The van der Waals surface area contributed by atoms with E-state index in [4.69, 9.17) is 34.3 Å². The highest BCUT2D eigenvalue weighted by atomic mass is 35.5. The summed E-state index contributed by atoms with van der Waals surface area (Å²) in [5.41, 5.74) is 6.17. The zero-order valence-corrected chi connectivity index (χ0v) is 9.28. The summed E-state index contributed by atoms with van der Waals surface area (Å²) in [7, 11) is 1.59. The van der Waals surface area contributed by atoms with Crippen LogP contribution in [0.25, 0.3) is 0 Å². The SMILES string of the molecule is COc1cccc(Cl)c1CNC(N)=S. The Hall–Kier alpha value is -1.00. The van der Waals surface area contributed by atoms with Crippen LogP contribution in [0.3, 0.4) is 0 Å².